The number of carbonyl (C=O) groups is 1. The Hall–Kier alpha value is -1.38. The number of rotatable bonds is 2. The number of hydrogen-bond acceptors (Lipinski definition) is 3. The van der Waals surface area contributed by atoms with Crippen LogP contribution in [-0.2, 0) is 0 Å². The third-order valence-electron chi connectivity index (χ3n) is 1.44. The molecule has 3 heteroatoms. The van der Waals surface area contributed by atoms with E-state index in [4.69, 9.17) is 4.74 Å². The Morgan fingerprint density at radius 2 is 2.36 bits per heavy atom. The fraction of sp³-hybridized carbons (Fsp3) is 0.250. The van der Waals surface area contributed by atoms with Gasteiger partial charge in [-0.15, -0.1) is 0 Å². The summed E-state index contributed by atoms with van der Waals surface area (Å²) in [5.74, 6) is 0.558. The summed E-state index contributed by atoms with van der Waals surface area (Å²) in [6.45, 7) is 1.80. The highest BCUT2D eigenvalue weighted by atomic mass is 16.5. The van der Waals surface area contributed by atoms with Gasteiger partial charge in [0.25, 0.3) is 0 Å². The monoisotopic (exact) mass is 151 g/mol. The van der Waals surface area contributed by atoms with Gasteiger partial charge in [-0.1, -0.05) is 0 Å². The predicted octanol–water partition coefficient (Wildman–Crippen LogP) is 1.21. The summed E-state index contributed by atoms with van der Waals surface area (Å²) in [5, 5.41) is 0. The summed E-state index contributed by atoms with van der Waals surface area (Å²) in [6, 6.07) is 1.62. The topological polar surface area (TPSA) is 39.2 Å². The summed E-state index contributed by atoms with van der Waals surface area (Å²) >= 11 is 0. The molecule has 1 heterocycles. The lowest BCUT2D eigenvalue weighted by molar-refractivity contribution is 0.112. The predicted molar refractivity (Wildman–Crippen MR) is 40.9 cm³/mol. The molecular formula is C8H9NO2. The van der Waals surface area contributed by atoms with E-state index < -0.39 is 0 Å². The molecule has 11 heavy (non-hydrogen) atoms. The number of pyridine rings is 1. The van der Waals surface area contributed by atoms with Crippen molar-refractivity contribution in [2.75, 3.05) is 7.11 Å². The quantitative estimate of drug-likeness (QED) is 0.596. The van der Waals surface area contributed by atoms with Gasteiger partial charge >= 0.3 is 0 Å². The molecule has 58 valence electrons. The van der Waals surface area contributed by atoms with Crippen molar-refractivity contribution in [1.29, 1.82) is 0 Å². The van der Waals surface area contributed by atoms with Crippen molar-refractivity contribution in [3.05, 3.63) is 23.5 Å². The Kier molecular flexibility index (Phi) is 2.21. The normalized spacial score (nSPS) is 9.27. The lowest BCUT2D eigenvalue weighted by Gasteiger charge is -2.04. The van der Waals surface area contributed by atoms with Crippen LogP contribution in [0.15, 0.2) is 12.3 Å². The smallest absolute Gasteiger partial charge is 0.153 e. The molecule has 0 saturated carbocycles. The van der Waals surface area contributed by atoms with Crippen molar-refractivity contribution in [2.45, 2.75) is 6.92 Å². The highest BCUT2D eigenvalue weighted by molar-refractivity contribution is 5.79. The Labute approximate surface area is 65.0 Å². The summed E-state index contributed by atoms with van der Waals surface area (Å²) in [7, 11) is 1.52. The molecule has 1 aromatic heterocycles. The molecule has 0 radical (unpaired) electrons. The zero-order chi connectivity index (χ0) is 8.27. The second kappa shape index (κ2) is 3.14. The minimum absolute atomic E-state index is 0.542. The van der Waals surface area contributed by atoms with Crippen molar-refractivity contribution < 1.29 is 9.53 Å². The van der Waals surface area contributed by atoms with Crippen LogP contribution in [0.2, 0.25) is 0 Å². The molecule has 0 aliphatic carbocycles. The fourth-order valence-electron chi connectivity index (χ4n) is 0.931. The summed E-state index contributed by atoms with van der Waals surface area (Å²) < 4.78 is 4.97. The third kappa shape index (κ3) is 1.37. The van der Waals surface area contributed by atoms with Gasteiger partial charge in [-0.25, -0.2) is 0 Å². The van der Waals surface area contributed by atoms with Gasteiger partial charge in [0.1, 0.15) is 0 Å². The van der Waals surface area contributed by atoms with Crippen molar-refractivity contribution in [3.8, 4) is 5.75 Å². The maximum absolute atomic E-state index is 10.4. The number of ether oxygens (including phenoxy) is 1. The molecule has 3 nitrogen and oxygen atoms in total. The van der Waals surface area contributed by atoms with Crippen LogP contribution < -0.4 is 4.74 Å². The van der Waals surface area contributed by atoms with Gasteiger partial charge < -0.3 is 4.74 Å². The van der Waals surface area contributed by atoms with E-state index in [2.05, 4.69) is 4.98 Å². The first kappa shape index (κ1) is 7.72. The van der Waals surface area contributed by atoms with E-state index in [1.807, 2.05) is 0 Å². The number of carbonyl (C=O) groups excluding carboxylic acids is 1. The molecule has 0 aliphatic rings. The van der Waals surface area contributed by atoms with Gasteiger partial charge in [-0.2, -0.15) is 0 Å². The van der Waals surface area contributed by atoms with Crippen molar-refractivity contribution in [3.63, 3.8) is 0 Å². The molecule has 0 fully saturated rings. The van der Waals surface area contributed by atoms with Gasteiger partial charge in [-0.3, -0.25) is 9.78 Å². The van der Waals surface area contributed by atoms with E-state index in [1.54, 1.807) is 19.2 Å². The minimum Gasteiger partial charge on any atom is -0.494 e. The number of aldehydes is 1. The van der Waals surface area contributed by atoms with Crippen LogP contribution in [0.1, 0.15) is 16.1 Å². The molecule has 0 bridgehead atoms. The van der Waals surface area contributed by atoms with Crippen molar-refractivity contribution >= 4 is 6.29 Å². The SMILES string of the molecule is COc1c(C=O)ccnc1C. The minimum atomic E-state index is 0.542. The molecule has 0 aliphatic heterocycles. The molecule has 1 rings (SSSR count). The first-order valence-electron chi connectivity index (χ1n) is 3.24. The fourth-order valence-corrected chi connectivity index (χ4v) is 0.931. The lowest BCUT2D eigenvalue weighted by atomic mass is 10.2. The maximum atomic E-state index is 10.4. The number of methoxy groups -OCH3 is 1. The molecule has 0 unspecified atom stereocenters. The van der Waals surface area contributed by atoms with Gasteiger partial charge in [0, 0.05) is 6.20 Å². The average Bonchev–Trinajstić information content (AvgIpc) is 2.04. The van der Waals surface area contributed by atoms with Crippen LogP contribution in [-0.4, -0.2) is 18.4 Å². The van der Waals surface area contributed by atoms with E-state index in [0.29, 0.717) is 11.3 Å². The van der Waals surface area contributed by atoms with Crippen LogP contribution in [0.5, 0.6) is 5.75 Å². The summed E-state index contributed by atoms with van der Waals surface area (Å²) in [4.78, 5) is 14.4. The Morgan fingerprint density at radius 3 is 2.82 bits per heavy atom. The Bertz CT molecular complexity index is 271. The number of aryl methyl sites for hydroxylation is 1. The van der Waals surface area contributed by atoms with Crippen LogP contribution in [0.3, 0.4) is 0 Å². The maximum Gasteiger partial charge on any atom is 0.153 e. The second-order valence-electron chi connectivity index (χ2n) is 2.14. The molecule has 0 spiro atoms. The van der Waals surface area contributed by atoms with Crippen molar-refractivity contribution in [1.82, 2.24) is 4.98 Å². The molecule has 1 aromatic rings. The highest BCUT2D eigenvalue weighted by Gasteiger charge is 2.03. The third-order valence-corrected chi connectivity index (χ3v) is 1.44. The molecule has 0 amide bonds. The van der Waals surface area contributed by atoms with Gasteiger partial charge in [0.05, 0.1) is 18.4 Å². The van der Waals surface area contributed by atoms with E-state index in [9.17, 15) is 4.79 Å². The van der Waals surface area contributed by atoms with Crippen LogP contribution in [0, 0.1) is 6.92 Å². The molecule has 0 N–H and O–H groups in total. The second-order valence-corrected chi connectivity index (χ2v) is 2.14. The summed E-state index contributed by atoms with van der Waals surface area (Å²) in [5.41, 5.74) is 1.28. The molecule has 0 saturated heterocycles. The van der Waals surface area contributed by atoms with Gasteiger partial charge in [-0.05, 0) is 13.0 Å². The molecular weight excluding hydrogens is 142 g/mol. The van der Waals surface area contributed by atoms with E-state index in [0.717, 1.165) is 12.0 Å². The number of nitrogens with zero attached hydrogens (tertiary/aromatic N) is 1. The Morgan fingerprint density at radius 1 is 1.64 bits per heavy atom. The van der Waals surface area contributed by atoms with Crippen LogP contribution in [0.25, 0.3) is 0 Å². The van der Waals surface area contributed by atoms with Gasteiger partial charge in [0.15, 0.2) is 12.0 Å². The van der Waals surface area contributed by atoms with Crippen molar-refractivity contribution in [2.24, 2.45) is 0 Å². The van der Waals surface area contributed by atoms with Gasteiger partial charge in [0.2, 0.25) is 0 Å². The molecule has 0 atom stereocenters. The summed E-state index contributed by atoms with van der Waals surface area (Å²) in [6.07, 6.45) is 2.34. The largest absolute Gasteiger partial charge is 0.494 e. The van der Waals surface area contributed by atoms with E-state index >= 15 is 0 Å². The lowest BCUT2D eigenvalue weighted by Crippen LogP contribution is -1.94. The van der Waals surface area contributed by atoms with E-state index in [-0.39, 0.29) is 0 Å². The van der Waals surface area contributed by atoms with Crippen LogP contribution in [0.4, 0.5) is 0 Å². The zero-order valence-corrected chi connectivity index (χ0v) is 6.50. The Balaban J connectivity index is 3.23. The van der Waals surface area contributed by atoms with Crippen LogP contribution >= 0.6 is 0 Å². The standard InChI is InChI=1S/C8H9NO2/c1-6-8(11-2)7(5-10)3-4-9-6/h3-5H,1-2H3. The first-order valence-corrected chi connectivity index (χ1v) is 3.24. The molecule has 0 aromatic carbocycles. The van der Waals surface area contributed by atoms with E-state index in [1.165, 1.54) is 7.11 Å². The first-order chi connectivity index (χ1) is 5.29. The zero-order valence-electron chi connectivity index (χ0n) is 6.50. The highest BCUT2D eigenvalue weighted by Crippen LogP contribution is 2.18. The number of hydrogen-bond donors (Lipinski definition) is 0. The average molecular weight is 151 g/mol. The number of aromatic nitrogens is 1.